The number of hydrogen-bond donors (Lipinski definition) is 1. The fourth-order valence-corrected chi connectivity index (χ4v) is 3.05. The monoisotopic (exact) mass is 319 g/mol. The van der Waals surface area contributed by atoms with Gasteiger partial charge in [-0.05, 0) is 31.2 Å². The number of oxime groups is 1. The Morgan fingerprint density at radius 1 is 1.35 bits per heavy atom. The van der Waals surface area contributed by atoms with E-state index in [9.17, 15) is 9.90 Å². The molecule has 126 valence electrons. The molecular weight excluding hydrogens is 294 g/mol. The molecule has 2 atom stereocenters. The highest BCUT2D eigenvalue weighted by molar-refractivity contribution is 5.79. The van der Waals surface area contributed by atoms with Crippen LogP contribution in [-0.4, -0.2) is 30.0 Å². The first-order valence-corrected chi connectivity index (χ1v) is 8.26. The molecule has 0 saturated heterocycles. The van der Waals surface area contributed by atoms with Crippen LogP contribution < -0.4 is 0 Å². The maximum absolute atomic E-state index is 12.1. The van der Waals surface area contributed by atoms with Gasteiger partial charge in [-0.2, -0.15) is 0 Å². The van der Waals surface area contributed by atoms with E-state index in [1.165, 1.54) is 6.21 Å². The quantitative estimate of drug-likeness (QED) is 0.454. The summed E-state index contributed by atoms with van der Waals surface area (Å²) >= 11 is 0. The van der Waals surface area contributed by atoms with Gasteiger partial charge in [0.2, 0.25) is 0 Å². The Kier molecular flexibility index (Phi) is 7.07. The minimum absolute atomic E-state index is 0.157. The molecule has 1 aromatic rings. The first-order valence-electron chi connectivity index (χ1n) is 8.26. The number of carbonyl (C=O) groups excluding carboxylic acids is 1. The Labute approximate surface area is 137 Å². The van der Waals surface area contributed by atoms with E-state index >= 15 is 0 Å². The fraction of sp³-hybridized carbons (Fsp3) is 0.556. The summed E-state index contributed by atoms with van der Waals surface area (Å²) in [5.74, 6) is -0.743. The van der Waals surface area contributed by atoms with E-state index in [0.29, 0.717) is 13.2 Å². The Morgan fingerprint density at radius 3 is 2.70 bits per heavy atom. The summed E-state index contributed by atoms with van der Waals surface area (Å²) in [5.41, 5.74) is 0.997. The third kappa shape index (κ3) is 5.36. The number of esters is 1. The van der Waals surface area contributed by atoms with Crippen molar-refractivity contribution in [3.8, 4) is 0 Å². The zero-order valence-corrected chi connectivity index (χ0v) is 13.6. The maximum atomic E-state index is 12.1. The van der Waals surface area contributed by atoms with Gasteiger partial charge in [0.25, 0.3) is 0 Å². The van der Waals surface area contributed by atoms with Gasteiger partial charge in [0, 0.05) is 0 Å². The predicted octanol–water partition coefficient (Wildman–Crippen LogP) is 2.92. The van der Waals surface area contributed by atoms with Crippen LogP contribution in [0.4, 0.5) is 0 Å². The summed E-state index contributed by atoms with van der Waals surface area (Å²) in [4.78, 5) is 17.3. The van der Waals surface area contributed by atoms with Crippen LogP contribution in [0.3, 0.4) is 0 Å². The Balaban J connectivity index is 1.89. The number of benzene rings is 1. The molecule has 1 aliphatic rings. The second kappa shape index (κ2) is 9.30. The maximum Gasteiger partial charge on any atom is 0.312 e. The molecule has 0 spiro atoms. The molecule has 0 heterocycles. The number of carbonyl (C=O) groups is 1. The number of aliphatic hydroxyl groups is 1. The van der Waals surface area contributed by atoms with Crippen molar-refractivity contribution in [3.63, 3.8) is 0 Å². The first-order chi connectivity index (χ1) is 11.2. The summed E-state index contributed by atoms with van der Waals surface area (Å²) in [6.45, 7) is 2.42. The molecule has 1 aromatic carbocycles. The highest BCUT2D eigenvalue weighted by Gasteiger charge is 2.36. The van der Waals surface area contributed by atoms with Crippen molar-refractivity contribution < 1.29 is 19.5 Å². The van der Waals surface area contributed by atoms with E-state index in [0.717, 1.165) is 31.2 Å². The number of ether oxygens (including phenoxy) is 1. The predicted molar refractivity (Wildman–Crippen MR) is 87.8 cm³/mol. The summed E-state index contributed by atoms with van der Waals surface area (Å²) in [6.07, 6.45) is 4.40. The highest BCUT2D eigenvalue weighted by atomic mass is 16.6. The molecule has 0 amide bonds. The zero-order chi connectivity index (χ0) is 16.5. The van der Waals surface area contributed by atoms with Crippen LogP contribution in [0.25, 0.3) is 0 Å². The molecule has 5 nitrogen and oxygen atoms in total. The lowest BCUT2D eigenvalue weighted by molar-refractivity contribution is -0.152. The molecule has 0 aromatic heterocycles. The molecule has 5 heteroatoms. The molecule has 2 rings (SSSR count). The number of rotatable bonds is 8. The first kappa shape index (κ1) is 17.5. The molecular formula is C18H25NO4. The lowest BCUT2D eigenvalue weighted by Gasteiger charge is -2.23. The lowest BCUT2D eigenvalue weighted by Crippen LogP contribution is -2.36. The van der Waals surface area contributed by atoms with Crippen molar-refractivity contribution in [2.24, 2.45) is 17.0 Å². The molecule has 1 fully saturated rings. The summed E-state index contributed by atoms with van der Waals surface area (Å²) in [5, 5.41) is 14.2. The van der Waals surface area contributed by atoms with Crippen LogP contribution in [-0.2, 0) is 21.0 Å². The molecule has 0 bridgehead atoms. The topological polar surface area (TPSA) is 68.1 Å². The van der Waals surface area contributed by atoms with Gasteiger partial charge in [0.1, 0.15) is 12.7 Å². The van der Waals surface area contributed by atoms with Crippen LogP contribution in [0.2, 0.25) is 0 Å². The van der Waals surface area contributed by atoms with Gasteiger partial charge in [-0.25, -0.2) is 0 Å². The summed E-state index contributed by atoms with van der Waals surface area (Å²) in [6, 6.07) is 9.65. The fourth-order valence-electron chi connectivity index (χ4n) is 3.05. The van der Waals surface area contributed by atoms with E-state index in [1.54, 1.807) is 6.92 Å². The van der Waals surface area contributed by atoms with E-state index in [1.807, 2.05) is 30.3 Å². The third-order valence-corrected chi connectivity index (χ3v) is 4.20. The smallest absolute Gasteiger partial charge is 0.312 e. The second-order valence-electron chi connectivity index (χ2n) is 5.83. The van der Waals surface area contributed by atoms with Crippen LogP contribution in [0.1, 0.15) is 38.2 Å². The van der Waals surface area contributed by atoms with Crippen molar-refractivity contribution in [2.45, 2.75) is 45.3 Å². The molecule has 1 saturated carbocycles. The normalized spacial score (nSPS) is 18.0. The van der Waals surface area contributed by atoms with Gasteiger partial charge >= 0.3 is 5.97 Å². The van der Waals surface area contributed by atoms with Crippen molar-refractivity contribution in [1.29, 1.82) is 0 Å². The SMILES string of the molecule is CCOC(=O)C(C(O)/C=N/OCc1ccccc1)C1CCCC1. The molecule has 1 N–H and O–H groups in total. The summed E-state index contributed by atoms with van der Waals surface area (Å²) < 4.78 is 5.11. The lowest BCUT2D eigenvalue weighted by atomic mass is 9.86. The van der Waals surface area contributed by atoms with Gasteiger partial charge in [-0.3, -0.25) is 4.79 Å². The number of nitrogens with zero attached hydrogens (tertiary/aromatic N) is 1. The van der Waals surface area contributed by atoms with Crippen molar-refractivity contribution in [2.75, 3.05) is 6.61 Å². The molecule has 23 heavy (non-hydrogen) atoms. The summed E-state index contributed by atoms with van der Waals surface area (Å²) in [7, 11) is 0. The van der Waals surface area contributed by atoms with Crippen molar-refractivity contribution >= 4 is 12.2 Å². The van der Waals surface area contributed by atoms with Crippen LogP contribution in [0, 0.1) is 11.8 Å². The average molecular weight is 319 g/mol. The van der Waals surface area contributed by atoms with Crippen molar-refractivity contribution in [3.05, 3.63) is 35.9 Å². The van der Waals surface area contributed by atoms with Gasteiger partial charge in [-0.15, -0.1) is 0 Å². The van der Waals surface area contributed by atoms with E-state index in [2.05, 4.69) is 5.16 Å². The molecule has 0 aliphatic heterocycles. The zero-order valence-electron chi connectivity index (χ0n) is 13.6. The highest BCUT2D eigenvalue weighted by Crippen LogP contribution is 2.33. The Hall–Kier alpha value is -1.88. The average Bonchev–Trinajstić information content (AvgIpc) is 3.07. The van der Waals surface area contributed by atoms with Gasteiger partial charge in [0.05, 0.1) is 18.7 Å². The number of aliphatic hydroxyl groups excluding tert-OH is 1. The third-order valence-electron chi connectivity index (χ3n) is 4.20. The minimum atomic E-state index is -0.979. The number of hydrogen-bond acceptors (Lipinski definition) is 5. The standard InChI is InChI=1S/C18H25NO4/c1-2-22-18(21)17(15-10-6-7-11-15)16(20)12-19-23-13-14-8-4-3-5-9-14/h3-5,8-9,12,15-17,20H,2,6-7,10-11,13H2,1H3/b19-12+. The van der Waals surface area contributed by atoms with Gasteiger partial charge in [0.15, 0.2) is 0 Å². The van der Waals surface area contributed by atoms with Crippen LogP contribution in [0.5, 0.6) is 0 Å². The second-order valence-corrected chi connectivity index (χ2v) is 5.83. The van der Waals surface area contributed by atoms with E-state index in [4.69, 9.17) is 9.57 Å². The molecule has 2 unspecified atom stereocenters. The minimum Gasteiger partial charge on any atom is -0.466 e. The van der Waals surface area contributed by atoms with Crippen LogP contribution in [0.15, 0.2) is 35.5 Å². The Bertz CT molecular complexity index is 497. The van der Waals surface area contributed by atoms with Crippen molar-refractivity contribution in [1.82, 2.24) is 0 Å². The van der Waals surface area contributed by atoms with Gasteiger partial charge < -0.3 is 14.7 Å². The van der Waals surface area contributed by atoms with Gasteiger partial charge in [-0.1, -0.05) is 48.3 Å². The Morgan fingerprint density at radius 2 is 2.04 bits per heavy atom. The molecule has 0 radical (unpaired) electrons. The molecule has 1 aliphatic carbocycles. The van der Waals surface area contributed by atoms with E-state index < -0.39 is 12.0 Å². The van der Waals surface area contributed by atoms with E-state index in [-0.39, 0.29) is 11.9 Å². The largest absolute Gasteiger partial charge is 0.466 e. The van der Waals surface area contributed by atoms with Crippen LogP contribution >= 0.6 is 0 Å².